The highest BCUT2D eigenvalue weighted by atomic mass is 32.2. The lowest BCUT2D eigenvalue weighted by atomic mass is 10.0. The molecule has 2 atom stereocenters. The van der Waals surface area contributed by atoms with Crippen molar-refractivity contribution in [3.8, 4) is 0 Å². The number of benzene rings is 1. The van der Waals surface area contributed by atoms with Crippen LogP contribution in [0.5, 0.6) is 0 Å². The molecule has 9 heteroatoms. The molecule has 2 unspecified atom stereocenters. The third kappa shape index (κ3) is 5.74. The minimum atomic E-state index is -3.58. The van der Waals surface area contributed by atoms with E-state index in [1.54, 1.807) is 28.6 Å². The molecular formula is C22H29N3O5S. The van der Waals surface area contributed by atoms with Crippen molar-refractivity contribution in [1.29, 1.82) is 0 Å². The summed E-state index contributed by atoms with van der Waals surface area (Å²) in [6, 6.07) is 9.41. The van der Waals surface area contributed by atoms with Gasteiger partial charge in [-0.25, -0.2) is 8.42 Å². The predicted molar refractivity (Wildman–Crippen MR) is 117 cm³/mol. The first-order chi connectivity index (χ1) is 14.8. The topological polar surface area (TPSA) is 109 Å². The van der Waals surface area contributed by atoms with Gasteiger partial charge in [0.2, 0.25) is 15.9 Å². The lowest BCUT2D eigenvalue weighted by Crippen LogP contribution is -2.47. The summed E-state index contributed by atoms with van der Waals surface area (Å²) in [6.07, 6.45) is 4.87. The predicted octanol–water partition coefficient (Wildman–Crippen LogP) is 3.38. The van der Waals surface area contributed by atoms with Crippen LogP contribution in [0.15, 0.2) is 52.0 Å². The molecule has 8 nitrogen and oxygen atoms in total. The van der Waals surface area contributed by atoms with Gasteiger partial charge in [0.15, 0.2) is 5.76 Å². The summed E-state index contributed by atoms with van der Waals surface area (Å²) in [5.74, 6) is -0.298. The molecule has 1 aromatic carbocycles. The number of carbonyl (C=O) groups is 2. The zero-order valence-corrected chi connectivity index (χ0v) is 18.7. The molecule has 2 aromatic rings. The minimum absolute atomic E-state index is 0.0265. The Kier molecular flexibility index (Phi) is 7.50. The highest BCUT2D eigenvalue weighted by Crippen LogP contribution is 2.29. The molecule has 2 heterocycles. The SMILES string of the molecule is CC1CCCC(C)N1S(=O)(=O)c1ccc(NC(=O)CCCNC(=O)c2ccco2)cc1. The number of hydrogen-bond donors (Lipinski definition) is 2. The van der Waals surface area contributed by atoms with Crippen LogP contribution in [0.25, 0.3) is 0 Å². The van der Waals surface area contributed by atoms with Gasteiger partial charge in [-0.05, 0) is 69.5 Å². The number of furan rings is 1. The van der Waals surface area contributed by atoms with E-state index in [2.05, 4.69) is 10.6 Å². The normalized spacial score (nSPS) is 19.7. The summed E-state index contributed by atoms with van der Waals surface area (Å²) in [5.41, 5.74) is 0.531. The van der Waals surface area contributed by atoms with Crippen LogP contribution in [0.1, 0.15) is 56.5 Å². The second-order valence-electron chi connectivity index (χ2n) is 7.87. The number of amides is 2. The Morgan fingerprint density at radius 2 is 1.77 bits per heavy atom. The fourth-order valence-corrected chi connectivity index (χ4v) is 5.75. The molecule has 2 amide bonds. The van der Waals surface area contributed by atoms with E-state index < -0.39 is 10.0 Å². The average Bonchev–Trinajstić information content (AvgIpc) is 3.26. The average molecular weight is 448 g/mol. The van der Waals surface area contributed by atoms with Crippen LogP contribution < -0.4 is 10.6 Å². The Hall–Kier alpha value is -2.65. The molecule has 31 heavy (non-hydrogen) atoms. The van der Waals surface area contributed by atoms with E-state index in [0.29, 0.717) is 18.7 Å². The first kappa shape index (κ1) is 23.0. The summed E-state index contributed by atoms with van der Waals surface area (Å²) in [4.78, 5) is 24.1. The fraction of sp³-hybridized carbons (Fsp3) is 0.455. The van der Waals surface area contributed by atoms with E-state index in [0.717, 1.165) is 19.3 Å². The summed E-state index contributed by atoms with van der Waals surface area (Å²) in [5, 5.41) is 5.44. The third-order valence-corrected chi connectivity index (χ3v) is 7.58. The molecule has 0 aliphatic carbocycles. The molecule has 1 fully saturated rings. The van der Waals surface area contributed by atoms with Crippen LogP contribution in [0.4, 0.5) is 5.69 Å². The number of anilines is 1. The maximum Gasteiger partial charge on any atom is 0.286 e. The first-order valence-electron chi connectivity index (χ1n) is 10.5. The highest BCUT2D eigenvalue weighted by Gasteiger charge is 2.35. The zero-order chi connectivity index (χ0) is 22.4. The number of sulfonamides is 1. The Labute approximate surface area is 183 Å². The van der Waals surface area contributed by atoms with Crippen molar-refractivity contribution in [2.75, 3.05) is 11.9 Å². The Bertz CT molecular complexity index is 977. The first-order valence-corrected chi connectivity index (χ1v) is 12.0. The van der Waals surface area contributed by atoms with Crippen molar-refractivity contribution in [2.24, 2.45) is 0 Å². The van der Waals surface area contributed by atoms with Gasteiger partial charge in [0.05, 0.1) is 11.2 Å². The molecule has 3 rings (SSSR count). The number of rotatable bonds is 8. The largest absolute Gasteiger partial charge is 0.459 e. The van der Waals surface area contributed by atoms with Crippen molar-refractivity contribution in [3.63, 3.8) is 0 Å². The van der Waals surface area contributed by atoms with Gasteiger partial charge >= 0.3 is 0 Å². The van der Waals surface area contributed by atoms with Crippen molar-refractivity contribution in [3.05, 3.63) is 48.4 Å². The van der Waals surface area contributed by atoms with Gasteiger partial charge in [0.25, 0.3) is 5.91 Å². The molecular weight excluding hydrogens is 418 g/mol. The van der Waals surface area contributed by atoms with Crippen LogP contribution in [0.2, 0.25) is 0 Å². The van der Waals surface area contributed by atoms with Gasteiger partial charge in [0, 0.05) is 30.7 Å². The highest BCUT2D eigenvalue weighted by molar-refractivity contribution is 7.89. The van der Waals surface area contributed by atoms with Crippen molar-refractivity contribution in [2.45, 2.75) is 62.9 Å². The summed E-state index contributed by atoms with van der Waals surface area (Å²) in [7, 11) is -3.58. The van der Waals surface area contributed by atoms with Crippen LogP contribution in [0, 0.1) is 0 Å². The van der Waals surface area contributed by atoms with Gasteiger partial charge < -0.3 is 15.1 Å². The van der Waals surface area contributed by atoms with E-state index in [-0.39, 0.29) is 41.0 Å². The summed E-state index contributed by atoms with van der Waals surface area (Å²) in [6.45, 7) is 4.23. The van der Waals surface area contributed by atoms with Crippen molar-refractivity contribution in [1.82, 2.24) is 9.62 Å². The molecule has 1 aliphatic rings. The minimum Gasteiger partial charge on any atom is -0.459 e. The number of piperidine rings is 1. The van der Waals surface area contributed by atoms with E-state index in [1.807, 2.05) is 13.8 Å². The van der Waals surface area contributed by atoms with E-state index >= 15 is 0 Å². The molecule has 0 saturated carbocycles. The Morgan fingerprint density at radius 1 is 1.10 bits per heavy atom. The van der Waals surface area contributed by atoms with Gasteiger partial charge in [-0.1, -0.05) is 6.42 Å². The Balaban J connectivity index is 1.49. The van der Waals surface area contributed by atoms with Crippen LogP contribution in [-0.4, -0.2) is 43.2 Å². The third-order valence-electron chi connectivity index (χ3n) is 5.44. The van der Waals surface area contributed by atoms with E-state index in [1.165, 1.54) is 18.4 Å². The van der Waals surface area contributed by atoms with Gasteiger partial charge in [-0.3, -0.25) is 9.59 Å². The van der Waals surface area contributed by atoms with Gasteiger partial charge in [0.1, 0.15) is 0 Å². The summed E-state index contributed by atoms with van der Waals surface area (Å²) < 4.78 is 32.7. The second kappa shape index (κ2) is 10.1. The molecule has 0 spiro atoms. The number of nitrogens with zero attached hydrogens (tertiary/aromatic N) is 1. The Morgan fingerprint density at radius 3 is 2.39 bits per heavy atom. The van der Waals surface area contributed by atoms with Crippen LogP contribution in [0.3, 0.4) is 0 Å². The van der Waals surface area contributed by atoms with Crippen molar-refractivity contribution < 1.29 is 22.4 Å². The van der Waals surface area contributed by atoms with Gasteiger partial charge in [-0.2, -0.15) is 4.31 Å². The maximum atomic E-state index is 13.1. The number of carbonyl (C=O) groups excluding carboxylic acids is 2. The van der Waals surface area contributed by atoms with Crippen LogP contribution >= 0.6 is 0 Å². The quantitative estimate of drug-likeness (QED) is 0.603. The molecule has 0 bridgehead atoms. The lowest BCUT2D eigenvalue weighted by Gasteiger charge is -2.37. The van der Waals surface area contributed by atoms with E-state index in [9.17, 15) is 18.0 Å². The second-order valence-corrected chi connectivity index (χ2v) is 9.72. The lowest BCUT2D eigenvalue weighted by molar-refractivity contribution is -0.116. The standard InChI is InChI=1S/C22H29N3O5S/c1-16-6-3-7-17(2)25(16)31(28,29)19-12-10-18(11-13-19)24-21(26)9-4-14-23-22(27)20-8-5-15-30-20/h5,8,10-13,15-17H,3-4,6-7,9,14H2,1-2H3,(H,23,27)(H,24,26). The molecule has 168 valence electrons. The van der Waals surface area contributed by atoms with E-state index in [4.69, 9.17) is 4.42 Å². The van der Waals surface area contributed by atoms with Crippen LogP contribution in [-0.2, 0) is 14.8 Å². The molecule has 2 N–H and O–H groups in total. The fourth-order valence-electron chi connectivity index (χ4n) is 3.87. The monoisotopic (exact) mass is 447 g/mol. The smallest absolute Gasteiger partial charge is 0.286 e. The number of nitrogens with one attached hydrogen (secondary N) is 2. The van der Waals surface area contributed by atoms with Gasteiger partial charge in [-0.15, -0.1) is 0 Å². The molecule has 0 radical (unpaired) electrons. The zero-order valence-electron chi connectivity index (χ0n) is 17.8. The molecule has 1 saturated heterocycles. The number of hydrogen-bond acceptors (Lipinski definition) is 5. The molecule has 1 aliphatic heterocycles. The van der Waals surface area contributed by atoms with Crippen molar-refractivity contribution >= 4 is 27.5 Å². The maximum absolute atomic E-state index is 13.1. The summed E-state index contributed by atoms with van der Waals surface area (Å²) >= 11 is 0. The molecule has 1 aromatic heterocycles.